The third kappa shape index (κ3) is 2.59. The third-order valence-corrected chi connectivity index (χ3v) is 1.80. The molecule has 0 fully saturated rings. The quantitative estimate of drug-likeness (QED) is 0.759. The van der Waals surface area contributed by atoms with Crippen molar-refractivity contribution in [2.45, 2.75) is 6.92 Å². The summed E-state index contributed by atoms with van der Waals surface area (Å²) in [5, 5.41) is 8.65. The second-order valence-corrected chi connectivity index (χ2v) is 3.21. The van der Waals surface area contributed by atoms with E-state index < -0.39 is 0 Å². The number of nitrogens with zero attached hydrogens (tertiary/aromatic N) is 4. The van der Waals surface area contributed by atoms with Crippen LogP contribution in [0.3, 0.4) is 0 Å². The summed E-state index contributed by atoms with van der Waals surface area (Å²) in [4.78, 5) is 9.88. The highest BCUT2D eigenvalue weighted by Crippen LogP contribution is 2.10. The zero-order valence-corrected chi connectivity index (χ0v) is 8.31. The van der Waals surface area contributed by atoms with Crippen LogP contribution in [0.25, 0.3) is 0 Å². The van der Waals surface area contributed by atoms with Crippen LogP contribution in [0.15, 0.2) is 12.4 Å². The van der Waals surface area contributed by atoms with Crippen LogP contribution < -0.4 is 10.6 Å². The minimum Gasteiger partial charge on any atom is -0.382 e. The van der Waals surface area contributed by atoms with Gasteiger partial charge in [0.1, 0.15) is 11.6 Å². The smallest absolute Gasteiger partial charge is 0.149 e. The molecule has 0 amide bonds. The molecule has 1 atom stereocenters. The molecule has 0 aliphatic rings. The van der Waals surface area contributed by atoms with Gasteiger partial charge in [-0.05, 0) is 6.92 Å². The molecule has 0 saturated heterocycles. The molecule has 1 aromatic heterocycles. The van der Waals surface area contributed by atoms with Crippen LogP contribution in [0.1, 0.15) is 6.92 Å². The summed E-state index contributed by atoms with van der Waals surface area (Å²) in [6.45, 7) is 2.48. The lowest BCUT2D eigenvalue weighted by molar-refractivity contribution is 0.709. The Kier molecular flexibility index (Phi) is 3.24. The first-order valence-electron chi connectivity index (χ1n) is 4.31. The van der Waals surface area contributed by atoms with Gasteiger partial charge in [0.15, 0.2) is 0 Å². The topological polar surface area (TPSA) is 78.8 Å². The minimum absolute atomic E-state index is 0.0387. The van der Waals surface area contributed by atoms with Gasteiger partial charge in [-0.3, -0.25) is 4.98 Å². The average molecular weight is 191 g/mol. The first-order valence-corrected chi connectivity index (χ1v) is 4.31. The van der Waals surface area contributed by atoms with E-state index >= 15 is 0 Å². The zero-order valence-electron chi connectivity index (χ0n) is 8.31. The molecule has 2 N–H and O–H groups in total. The Balaban J connectivity index is 2.70. The number of nitrogen functional groups attached to an aromatic ring is 1. The van der Waals surface area contributed by atoms with Crippen LogP contribution in [0.2, 0.25) is 0 Å². The SMILES string of the molecule is CC(C#N)CN(C)c1cncc(N)n1. The van der Waals surface area contributed by atoms with Crippen molar-refractivity contribution in [3.05, 3.63) is 12.4 Å². The molecule has 0 bridgehead atoms. The zero-order chi connectivity index (χ0) is 10.6. The van der Waals surface area contributed by atoms with Crippen molar-refractivity contribution in [1.29, 1.82) is 5.26 Å². The van der Waals surface area contributed by atoms with E-state index in [-0.39, 0.29) is 5.92 Å². The maximum Gasteiger partial charge on any atom is 0.149 e. The molecular weight excluding hydrogens is 178 g/mol. The minimum atomic E-state index is -0.0387. The summed E-state index contributed by atoms with van der Waals surface area (Å²) in [5.41, 5.74) is 5.49. The van der Waals surface area contributed by atoms with Crippen molar-refractivity contribution in [3.8, 4) is 6.07 Å². The van der Waals surface area contributed by atoms with E-state index in [0.29, 0.717) is 18.2 Å². The molecule has 0 saturated carbocycles. The maximum atomic E-state index is 8.65. The second kappa shape index (κ2) is 4.42. The fourth-order valence-electron chi connectivity index (χ4n) is 1.10. The Morgan fingerprint density at radius 3 is 2.93 bits per heavy atom. The van der Waals surface area contributed by atoms with E-state index in [0.717, 1.165) is 0 Å². The van der Waals surface area contributed by atoms with Crippen molar-refractivity contribution in [2.75, 3.05) is 24.2 Å². The van der Waals surface area contributed by atoms with Crippen molar-refractivity contribution in [2.24, 2.45) is 5.92 Å². The number of hydrogen-bond acceptors (Lipinski definition) is 5. The van der Waals surface area contributed by atoms with Gasteiger partial charge in [-0.25, -0.2) is 4.98 Å². The van der Waals surface area contributed by atoms with Crippen LogP contribution >= 0.6 is 0 Å². The van der Waals surface area contributed by atoms with Gasteiger partial charge in [0.05, 0.1) is 24.4 Å². The Bertz CT molecular complexity index is 343. The summed E-state index contributed by atoms with van der Waals surface area (Å²) in [5.74, 6) is 1.04. The van der Waals surface area contributed by atoms with Gasteiger partial charge in [-0.1, -0.05) is 0 Å². The molecule has 0 aliphatic carbocycles. The van der Waals surface area contributed by atoms with Crippen LogP contribution in [-0.2, 0) is 0 Å². The van der Waals surface area contributed by atoms with E-state index in [2.05, 4.69) is 16.0 Å². The molecule has 14 heavy (non-hydrogen) atoms. The van der Waals surface area contributed by atoms with E-state index in [9.17, 15) is 0 Å². The molecule has 74 valence electrons. The molecule has 1 unspecified atom stereocenters. The summed E-state index contributed by atoms with van der Waals surface area (Å²) in [6, 6.07) is 2.16. The number of rotatable bonds is 3. The molecule has 0 aliphatic heterocycles. The Morgan fingerprint density at radius 1 is 1.64 bits per heavy atom. The molecule has 0 spiro atoms. The largest absolute Gasteiger partial charge is 0.382 e. The molecule has 1 aromatic rings. The normalized spacial score (nSPS) is 11.8. The van der Waals surface area contributed by atoms with E-state index in [1.54, 1.807) is 6.20 Å². The van der Waals surface area contributed by atoms with Gasteiger partial charge in [0, 0.05) is 13.6 Å². The number of anilines is 2. The molecule has 0 aromatic carbocycles. The highest BCUT2D eigenvalue weighted by atomic mass is 15.2. The van der Waals surface area contributed by atoms with Crippen LogP contribution in [0.5, 0.6) is 0 Å². The monoisotopic (exact) mass is 191 g/mol. The van der Waals surface area contributed by atoms with Gasteiger partial charge in [0.2, 0.25) is 0 Å². The highest BCUT2D eigenvalue weighted by molar-refractivity contribution is 5.40. The molecular formula is C9H13N5. The van der Waals surface area contributed by atoms with Crippen molar-refractivity contribution in [3.63, 3.8) is 0 Å². The Labute approximate surface area is 83.2 Å². The summed E-state index contributed by atoms with van der Waals surface area (Å²) in [6.07, 6.45) is 3.12. The molecule has 0 radical (unpaired) electrons. The standard InChI is InChI=1S/C9H13N5/c1-7(3-10)6-14(2)9-5-12-4-8(11)13-9/h4-5,7H,6H2,1-2H3,(H2,11,13). The van der Waals surface area contributed by atoms with Gasteiger partial charge < -0.3 is 10.6 Å². The van der Waals surface area contributed by atoms with E-state index in [4.69, 9.17) is 11.0 Å². The van der Waals surface area contributed by atoms with Gasteiger partial charge in [0.25, 0.3) is 0 Å². The van der Waals surface area contributed by atoms with Gasteiger partial charge >= 0.3 is 0 Å². The lowest BCUT2D eigenvalue weighted by Crippen LogP contribution is -2.24. The summed E-state index contributed by atoms with van der Waals surface area (Å²) < 4.78 is 0. The van der Waals surface area contributed by atoms with E-state index in [1.165, 1.54) is 6.20 Å². The molecule has 5 nitrogen and oxygen atoms in total. The summed E-state index contributed by atoms with van der Waals surface area (Å²) in [7, 11) is 1.86. The number of nitriles is 1. The predicted molar refractivity (Wildman–Crippen MR) is 54.5 cm³/mol. The molecule has 1 rings (SSSR count). The number of aromatic nitrogens is 2. The average Bonchev–Trinajstić information content (AvgIpc) is 2.17. The number of nitrogens with two attached hydrogens (primary N) is 1. The van der Waals surface area contributed by atoms with Crippen LogP contribution in [0, 0.1) is 17.2 Å². The Hall–Kier alpha value is -1.83. The van der Waals surface area contributed by atoms with Crippen molar-refractivity contribution >= 4 is 11.6 Å². The van der Waals surface area contributed by atoms with Gasteiger partial charge in [-0.2, -0.15) is 5.26 Å². The van der Waals surface area contributed by atoms with Crippen LogP contribution in [0.4, 0.5) is 11.6 Å². The molecule has 1 heterocycles. The summed E-state index contributed by atoms with van der Waals surface area (Å²) >= 11 is 0. The first kappa shape index (κ1) is 10.3. The van der Waals surface area contributed by atoms with Crippen molar-refractivity contribution < 1.29 is 0 Å². The van der Waals surface area contributed by atoms with Crippen LogP contribution in [-0.4, -0.2) is 23.6 Å². The fourth-order valence-corrected chi connectivity index (χ4v) is 1.10. The number of hydrogen-bond donors (Lipinski definition) is 1. The predicted octanol–water partition coefficient (Wildman–Crippen LogP) is 0.655. The lowest BCUT2D eigenvalue weighted by atomic mass is 10.2. The van der Waals surface area contributed by atoms with E-state index in [1.807, 2.05) is 18.9 Å². The van der Waals surface area contributed by atoms with Gasteiger partial charge in [-0.15, -0.1) is 0 Å². The first-order chi connectivity index (χ1) is 6.63. The maximum absolute atomic E-state index is 8.65. The second-order valence-electron chi connectivity index (χ2n) is 3.21. The van der Waals surface area contributed by atoms with Crippen molar-refractivity contribution in [1.82, 2.24) is 9.97 Å². The highest BCUT2D eigenvalue weighted by Gasteiger charge is 2.07. The third-order valence-electron chi connectivity index (χ3n) is 1.80. The molecule has 5 heteroatoms. The fraction of sp³-hybridized carbons (Fsp3) is 0.444. The lowest BCUT2D eigenvalue weighted by Gasteiger charge is -2.18. The Morgan fingerprint density at radius 2 is 2.36 bits per heavy atom.